The Hall–Kier alpha value is -1.07. The Labute approximate surface area is 110 Å². The summed E-state index contributed by atoms with van der Waals surface area (Å²) in [6.07, 6.45) is 3.09. The van der Waals surface area contributed by atoms with Crippen molar-refractivity contribution in [1.82, 2.24) is 19.6 Å². The highest BCUT2D eigenvalue weighted by Crippen LogP contribution is 2.09. The van der Waals surface area contributed by atoms with Gasteiger partial charge in [-0.2, -0.15) is 5.10 Å². The van der Waals surface area contributed by atoms with Crippen molar-refractivity contribution in [3.8, 4) is 0 Å². The normalized spacial score (nSPS) is 22.4. The lowest BCUT2D eigenvalue weighted by Crippen LogP contribution is -2.51. The van der Waals surface area contributed by atoms with E-state index >= 15 is 0 Å². The average molecular weight is 251 g/mol. The van der Waals surface area contributed by atoms with Gasteiger partial charge in [-0.1, -0.05) is 6.92 Å². The Morgan fingerprint density at radius 1 is 1.39 bits per heavy atom. The zero-order valence-electron chi connectivity index (χ0n) is 11.5. The molecule has 1 fully saturated rings. The van der Waals surface area contributed by atoms with Crippen molar-refractivity contribution in [2.45, 2.75) is 32.9 Å². The van der Waals surface area contributed by atoms with Crippen LogP contribution in [0, 0.1) is 0 Å². The summed E-state index contributed by atoms with van der Waals surface area (Å²) in [5.74, 6) is 0.611. The lowest BCUT2D eigenvalue weighted by molar-refractivity contribution is 0.0864. The molecular formula is C13H25N5. The van der Waals surface area contributed by atoms with E-state index in [0.29, 0.717) is 11.9 Å². The number of nitrogens with zero attached hydrogens (tertiary/aromatic N) is 4. The molecule has 102 valence electrons. The number of aromatic nitrogens is 2. The van der Waals surface area contributed by atoms with E-state index in [1.807, 2.05) is 16.9 Å². The van der Waals surface area contributed by atoms with Crippen LogP contribution in [-0.4, -0.2) is 58.3 Å². The summed E-state index contributed by atoms with van der Waals surface area (Å²) in [7, 11) is 0. The maximum Gasteiger partial charge on any atom is 0.145 e. The molecule has 1 aromatic rings. The van der Waals surface area contributed by atoms with Gasteiger partial charge in [0.15, 0.2) is 0 Å². The Kier molecular flexibility index (Phi) is 4.60. The van der Waals surface area contributed by atoms with Crippen LogP contribution in [0.15, 0.2) is 12.3 Å². The minimum atomic E-state index is 0.611. The van der Waals surface area contributed by atoms with E-state index < -0.39 is 0 Å². The van der Waals surface area contributed by atoms with Crippen molar-refractivity contribution >= 4 is 5.82 Å². The van der Waals surface area contributed by atoms with Crippen LogP contribution in [0.25, 0.3) is 0 Å². The number of hydrogen-bond donors (Lipinski definition) is 1. The Morgan fingerprint density at radius 3 is 2.83 bits per heavy atom. The number of aryl methyl sites for hydroxylation is 1. The zero-order chi connectivity index (χ0) is 13.0. The van der Waals surface area contributed by atoms with Gasteiger partial charge in [0, 0.05) is 45.0 Å². The number of hydrogen-bond acceptors (Lipinski definition) is 4. The van der Waals surface area contributed by atoms with E-state index in [9.17, 15) is 0 Å². The molecule has 5 heteroatoms. The molecule has 2 N–H and O–H groups in total. The highest BCUT2D eigenvalue weighted by Gasteiger charge is 2.21. The molecular weight excluding hydrogens is 226 g/mol. The predicted molar refractivity (Wildman–Crippen MR) is 74.4 cm³/mol. The topological polar surface area (TPSA) is 50.3 Å². The maximum absolute atomic E-state index is 5.59. The van der Waals surface area contributed by atoms with Gasteiger partial charge in [0.05, 0.1) is 0 Å². The van der Waals surface area contributed by atoms with Crippen molar-refractivity contribution in [3.05, 3.63) is 12.3 Å². The molecule has 18 heavy (non-hydrogen) atoms. The second-order valence-corrected chi connectivity index (χ2v) is 5.14. The molecule has 1 aliphatic heterocycles. The molecule has 1 unspecified atom stereocenters. The summed E-state index contributed by atoms with van der Waals surface area (Å²) in [6, 6.07) is 2.53. The number of anilines is 1. The first-order valence-corrected chi connectivity index (χ1v) is 6.94. The maximum atomic E-state index is 5.59. The first-order valence-electron chi connectivity index (χ1n) is 6.94. The smallest absolute Gasteiger partial charge is 0.145 e. The largest absolute Gasteiger partial charge is 0.382 e. The second kappa shape index (κ2) is 6.20. The van der Waals surface area contributed by atoms with Gasteiger partial charge < -0.3 is 10.6 Å². The lowest BCUT2D eigenvalue weighted by atomic mass is 10.2. The lowest BCUT2D eigenvalue weighted by Gasteiger charge is -2.39. The summed E-state index contributed by atoms with van der Waals surface area (Å²) >= 11 is 0. The van der Waals surface area contributed by atoms with Gasteiger partial charge in [-0.15, -0.1) is 0 Å². The van der Waals surface area contributed by atoms with Crippen LogP contribution in [0.1, 0.15) is 20.3 Å². The minimum Gasteiger partial charge on any atom is -0.382 e. The minimum absolute atomic E-state index is 0.611. The molecule has 2 heterocycles. The predicted octanol–water partition coefficient (Wildman–Crippen LogP) is 0.881. The van der Waals surface area contributed by atoms with E-state index in [4.69, 9.17) is 5.73 Å². The van der Waals surface area contributed by atoms with Gasteiger partial charge in [-0.25, -0.2) is 0 Å². The first kappa shape index (κ1) is 13.4. The van der Waals surface area contributed by atoms with Crippen molar-refractivity contribution in [2.75, 3.05) is 38.5 Å². The van der Waals surface area contributed by atoms with E-state index in [0.717, 1.165) is 19.5 Å². The van der Waals surface area contributed by atoms with E-state index in [1.165, 1.54) is 26.2 Å². The molecule has 1 saturated heterocycles. The second-order valence-electron chi connectivity index (χ2n) is 5.14. The van der Waals surface area contributed by atoms with Crippen LogP contribution in [0.3, 0.4) is 0 Å². The summed E-state index contributed by atoms with van der Waals surface area (Å²) in [5.41, 5.74) is 5.59. The highest BCUT2D eigenvalue weighted by atomic mass is 15.3. The third kappa shape index (κ3) is 3.46. The summed E-state index contributed by atoms with van der Waals surface area (Å²) in [5, 5.41) is 4.20. The standard InChI is InChI=1S/C13H25N5/c1-3-17-10-9-16(11-12(17)2)6-4-7-18-8-5-13(14)15-18/h5,8,12H,3-4,6-7,9-11H2,1-2H3,(H2,14,15). The van der Waals surface area contributed by atoms with Crippen LogP contribution in [0.4, 0.5) is 5.82 Å². The highest BCUT2D eigenvalue weighted by molar-refractivity contribution is 5.23. The van der Waals surface area contributed by atoms with Crippen LogP contribution in [0.5, 0.6) is 0 Å². The van der Waals surface area contributed by atoms with Crippen molar-refractivity contribution < 1.29 is 0 Å². The summed E-state index contributed by atoms with van der Waals surface area (Å²) in [6.45, 7) is 11.4. The number of piperazine rings is 1. The molecule has 1 aliphatic rings. The van der Waals surface area contributed by atoms with Gasteiger partial charge in [0.1, 0.15) is 5.82 Å². The third-order valence-electron chi connectivity index (χ3n) is 3.78. The molecule has 0 aliphatic carbocycles. The van der Waals surface area contributed by atoms with Crippen molar-refractivity contribution in [3.63, 3.8) is 0 Å². The zero-order valence-corrected chi connectivity index (χ0v) is 11.5. The van der Waals surface area contributed by atoms with Gasteiger partial charge >= 0.3 is 0 Å². The van der Waals surface area contributed by atoms with Gasteiger partial charge in [-0.05, 0) is 26.0 Å². The molecule has 0 amide bonds. The number of likely N-dealkylation sites (N-methyl/N-ethyl adjacent to an activating group) is 1. The molecule has 0 aromatic carbocycles. The summed E-state index contributed by atoms with van der Waals surface area (Å²) in [4.78, 5) is 5.11. The molecule has 0 bridgehead atoms. The number of nitrogen functional groups attached to an aromatic ring is 1. The number of rotatable bonds is 5. The molecule has 0 spiro atoms. The fraction of sp³-hybridized carbons (Fsp3) is 0.769. The molecule has 1 atom stereocenters. The molecule has 1 aromatic heterocycles. The van der Waals surface area contributed by atoms with Gasteiger partial charge in [0.25, 0.3) is 0 Å². The van der Waals surface area contributed by atoms with Crippen LogP contribution < -0.4 is 5.73 Å². The quantitative estimate of drug-likeness (QED) is 0.844. The fourth-order valence-corrected chi connectivity index (χ4v) is 2.70. The fourth-order valence-electron chi connectivity index (χ4n) is 2.70. The SMILES string of the molecule is CCN1CCN(CCCn2ccc(N)n2)CC1C. The molecule has 5 nitrogen and oxygen atoms in total. The average Bonchev–Trinajstić information content (AvgIpc) is 2.75. The van der Waals surface area contributed by atoms with Crippen LogP contribution in [0.2, 0.25) is 0 Å². The van der Waals surface area contributed by atoms with Crippen LogP contribution >= 0.6 is 0 Å². The number of nitrogens with two attached hydrogens (primary N) is 1. The Morgan fingerprint density at radius 2 is 2.22 bits per heavy atom. The Bertz CT molecular complexity index is 362. The third-order valence-corrected chi connectivity index (χ3v) is 3.78. The van der Waals surface area contributed by atoms with E-state index in [-0.39, 0.29) is 0 Å². The Balaban J connectivity index is 1.68. The monoisotopic (exact) mass is 251 g/mol. The molecule has 0 radical (unpaired) electrons. The molecule has 2 rings (SSSR count). The first-order chi connectivity index (χ1) is 8.69. The van der Waals surface area contributed by atoms with Crippen LogP contribution in [-0.2, 0) is 6.54 Å². The van der Waals surface area contributed by atoms with Gasteiger partial charge in [-0.3, -0.25) is 9.58 Å². The van der Waals surface area contributed by atoms with E-state index in [2.05, 4.69) is 28.7 Å². The van der Waals surface area contributed by atoms with Crippen molar-refractivity contribution in [1.29, 1.82) is 0 Å². The van der Waals surface area contributed by atoms with Crippen molar-refractivity contribution in [2.24, 2.45) is 0 Å². The van der Waals surface area contributed by atoms with E-state index in [1.54, 1.807) is 0 Å². The molecule has 0 saturated carbocycles. The van der Waals surface area contributed by atoms with Gasteiger partial charge in [0.2, 0.25) is 0 Å². The summed E-state index contributed by atoms with van der Waals surface area (Å²) < 4.78 is 1.93.